The molecule has 2 aromatic carbocycles. The number of aromatic nitrogens is 2. The summed E-state index contributed by atoms with van der Waals surface area (Å²) in [5.41, 5.74) is 3.21. The lowest BCUT2D eigenvalue weighted by Gasteiger charge is -2.28. The molecule has 0 atom stereocenters. The molecule has 1 fully saturated rings. The van der Waals surface area contributed by atoms with Crippen molar-refractivity contribution < 1.29 is 9.47 Å². The zero-order valence-electron chi connectivity index (χ0n) is 13.6. The number of morpholine rings is 1. The fourth-order valence-electron chi connectivity index (χ4n) is 3.05. The summed E-state index contributed by atoms with van der Waals surface area (Å²) in [6.07, 6.45) is 1.64. The van der Waals surface area contributed by atoms with E-state index in [0.29, 0.717) is 0 Å². The highest BCUT2D eigenvalue weighted by atomic mass is 16.5. The van der Waals surface area contributed by atoms with Crippen LogP contribution in [0.1, 0.15) is 0 Å². The minimum absolute atomic E-state index is 0.737. The maximum Gasteiger partial charge on any atom is 0.140 e. The van der Waals surface area contributed by atoms with Crippen molar-refractivity contribution in [1.29, 1.82) is 0 Å². The molecule has 5 heteroatoms. The predicted molar refractivity (Wildman–Crippen MR) is 94.6 cm³/mol. The van der Waals surface area contributed by atoms with E-state index in [1.165, 1.54) is 0 Å². The maximum absolute atomic E-state index is 5.45. The third-order valence-corrected chi connectivity index (χ3v) is 4.33. The van der Waals surface area contributed by atoms with Gasteiger partial charge in [-0.1, -0.05) is 18.2 Å². The first-order valence-corrected chi connectivity index (χ1v) is 8.07. The highest BCUT2D eigenvalue weighted by Crippen LogP contribution is 2.30. The molecule has 0 N–H and O–H groups in total. The number of rotatable bonds is 3. The van der Waals surface area contributed by atoms with Crippen molar-refractivity contribution in [2.45, 2.75) is 0 Å². The molecule has 0 radical (unpaired) electrons. The van der Waals surface area contributed by atoms with E-state index < -0.39 is 0 Å². The molecule has 0 bridgehead atoms. The van der Waals surface area contributed by atoms with Gasteiger partial charge in [-0.25, -0.2) is 9.97 Å². The third-order valence-electron chi connectivity index (χ3n) is 4.33. The van der Waals surface area contributed by atoms with E-state index in [2.05, 4.69) is 39.1 Å². The van der Waals surface area contributed by atoms with Crippen LogP contribution in [0.15, 0.2) is 48.8 Å². The van der Waals surface area contributed by atoms with Crippen LogP contribution in [0.5, 0.6) is 5.75 Å². The summed E-state index contributed by atoms with van der Waals surface area (Å²) in [4.78, 5) is 11.2. The van der Waals surface area contributed by atoms with Crippen molar-refractivity contribution in [2.75, 3.05) is 38.3 Å². The Morgan fingerprint density at radius 1 is 1.00 bits per heavy atom. The Morgan fingerprint density at radius 2 is 1.83 bits per heavy atom. The molecule has 1 saturated heterocycles. The zero-order chi connectivity index (χ0) is 16.4. The first-order chi connectivity index (χ1) is 11.8. The Bertz CT molecular complexity index is 860. The average molecular weight is 321 g/mol. The van der Waals surface area contributed by atoms with Crippen molar-refractivity contribution in [3.8, 4) is 16.9 Å². The molecule has 122 valence electrons. The van der Waals surface area contributed by atoms with Gasteiger partial charge in [0.15, 0.2) is 0 Å². The largest absolute Gasteiger partial charge is 0.497 e. The molecule has 2 heterocycles. The molecule has 3 aromatic rings. The van der Waals surface area contributed by atoms with E-state index in [-0.39, 0.29) is 0 Å². The molecule has 0 aliphatic carbocycles. The summed E-state index contributed by atoms with van der Waals surface area (Å²) in [6, 6.07) is 14.4. The zero-order valence-corrected chi connectivity index (χ0v) is 13.6. The third kappa shape index (κ3) is 2.78. The van der Waals surface area contributed by atoms with Gasteiger partial charge >= 0.3 is 0 Å². The van der Waals surface area contributed by atoms with E-state index in [1.54, 1.807) is 13.4 Å². The van der Waals surface area contributed by atoms with Crippen molar-refractivity contribution in [2.24, 2.45) is 0 Å². The number of ether oxygens (including phenoxy) is 2. The fraction of sp³-hybridized carbons (Fsp3) is 0.263. The second-order valence-corrected chi connectivity index (χ2v) is 5.76. The standard InChI is InChI=1S/C19H19N3O2/c1-23-16-4-2-3-14(11-16)15-5-6-18-17(12-15)19(21-13-20-18)22-7-9-24-10-8-22/h2-6,11-13H,7-10H2,1H3. The number of fused-ring (bicyclic) bond motifs is 1. The van der Waals surface area contributed by atoms with Crippen molar-refractivity contribution in [3.05, 3.63) is 48.8 Å². The first-order valence-electron chi connectivity index (χ1n) is 8.07. The van der Waals surface area contributed by atoms with Gasteiger partial charge in [-0.15, -0.1) is 0 Å². The van der Waals surface area contributed by atoms with Crippen LogP contribution in [0.4, 0.5) is 5.82 Å². The smallest absolute Gasteiger partial charge is 0.140 e. The Kier molecular flexibility index (Phi) is 4.01. The van der Waals surface area contributed by atoms with Gasteiger partial charge in [-0.05, 0) is 35.4 Å². The molecule has 0 amide bonds. The number of hydrogen-bond acceptors (Lipinski definition) is 5. The molecule has 24 heavy (non-hydrogen) atoms. The van der Waals surface area contributed by atoms with Crippen LogP contribution in [-0.4, -0.2) is 43.4 Å². The van der Waals surface area contributed by atoms with Crippen LogP contribution in [-0.2, 0) is 4.74 Å². The summed E-state index contributed by atoms with van der Waals surface area (Å²) >= 11 is 0. The lowest BCUT2D eigenvalue weighted by molar-refractivity contribution is 0.122. The quantitative estimate of drug-likeness (QED) is 0.742. The van der Waals surface area contributed by atoms with E-state index in [0.717, 1.165) is 59.9 Å². The van der Waals surface area contributed by atoms with Crippen molar-refractivity contribution in [3.63, 3.8) is 0 Å². The molecule has 5 nitrogen and oxygen atoms in total. The van der Waals surface area contributed by atoms with Gasteiger partial charge in [0.25, 0.3) is 0 Å². The van der Waals surface area contributed by atoms with Crippen LogP contribution < -0.4 is 9.64 Å². The Morgan fingerprint density at radius 3 is 2.67 bits per heavy atom. The van der Waals surface area contributed by atoms with Gasteiger partial charge in [0, 0.05) is 18.5 Å². The monoisotopic (exact) mass is 321 g/mol. The summed E-state index contributed by atoms with van der Waals surface area (Å²) in [5.74, 6) is 1.83. The van der Waals surface area contributed by atoms with Gasteiger partial charge in [0.1, 0.15) is 17.9 Å². The highest BCUT2D eigenvalue weighted by Gasteiger charge is 2.16. The summed E-state index contributed by atoms with van der Waals surface area (Å²) < 4.78 is 10.8. The number of benzene rings is 2. The van der Waals surface area contributed by atoms with Crippen molar-refractivity contribution in [1.82, 2.24) is 9.97 Å². The van der Waals surface area contributed by atoms with Gasteiger partial charge in [0.2, 0.25) is 0 Å². The van der Waals surface area contributed by atoms with Crippen molar-refractivity contribution >= 4 is 16.7 Å². The van der Waals surface area contributed by atoms with E-state index in [4.69, 9.17) is 9.47 Å². The Balaban J connectivity index is 1.81. The molecular weight excluding hydrogens is 302 g/mol. The second kappa shape index (κ2) is 6.45. The second-order valence-electron chi connectivity index (χ2n) is 5.76. The fourth-order valence-corrected chi connectivity index (χ4v) is 3.05. The van der Waals surface area contributed by atoms with E-state index >= 15 is 0 Å². The number of hydrogen-bond donors (Lipinski definition) is 0. The van der Waals surface area contributed by atoms with Crippen LogP contribution >= 0.6 is 0 Å². The molecule has 0 unspecified atom stereocenters. The van der Waals surface area contributed by atoms with Crippen LogP contribution in [0.2, 0.25) is 0 Å². The maximum atomic E-state index is 5.45. The topological polar surface area (TPSA) is 47.5 Å². The lowest BCUT2D eigenvalue weighted by Crippen LogP contribution is -2.36. The minimum atomic E-state index is 0.737. The van der Waals surface area contributed by atoms with Gasteiger partial charge in [-0.3, -0.25) is 0 Å². The van der Waals surface area contributed by atoms with Gasteiger partial charge in [-0.2, -0.15) is 0 Å². The van der Waals surface area contributed by atoms with Crippen LogP contribution in [0.25, 0.3) is 22.0 Å². The molecule has 1 aliphatic rings. The minimum Gasteiger partial charge on any atom is -0.497 e. The van der Waals surface area contributed by atoms with Gasteiger partial charge in [0.05, 0.1) is 25.8 Å². The molecule has 0 saturated carbocycles. The molecule has 4 rings (SSSR count). The molecule has 1 aliphatic heterocycles. The normalized spacial score (nSPS) is 14.8. The van der Waals surface area contributed by atoms with E-state index in [1.807, 2.05) is 18.2 Å². The van der Waals surface area contributed by atoms with Crippen LogP contribution in [0, 0.1) is 0 Å². The summed E-state index contributed by atoms with van der Waals surface area (Å²) in [6.45, 7) is 3.19. The molecular formula is C19H19N3O2. The van der Waals surface area contributed by atoms with E-state index in [9.17, 15) is 0 Å². The SMILES string of the molecule is COc1cccc(-c2ccc3ncnc(N4CCOCC4)c3c2)c1. The van der Waals surface area contributed by atoms with Crippen LogP contribution in [0.3, 0.4) is 0 Å². The van der Waals surface area contributed by atoms with Gasteiger partial charge < -0.3 is 14.4 Å². The Labute approximate surface area is 140 Å². The lowest BCUT2D eigenvalue weighted by atomic mass is 10.0. The summed E-state index contributed by atoms with van der Waals surface area (Å²) in [7, 11) is 1.68. The number of anilines is 1. The molecule has 1 aromatic heterocycles. The predicted octanol–water partition coefficient (Wildman–Crippen LogP) is 3.14. The number of nitrogens with zero attached hydrogens (tertiary/aromatic N) is 3. The first kappa shape index (κ1) is 14.9. The molecule has 0 spiro atoms. The Hall–Kier alpha value is -2.66. The highest BCUT2D eigenvalue weighted by molar-refractivity contribution is 5.93. The number of methoxy groups -OCH3 is 1. The summed E-state index contributed by atoms with van der Waals surface area (Å²) in [5, 5.41) is 1.07. The average Bonchev–Trinajstić information content (AvgIpc) is 2.68.